The fraction of sp³-hybridized carbons (Fsp3) is 0.737. The topological polar surface area (TPSA) is 28.6 Å². The fourth-order valence-corrected chi connectivity index (χ4v) is 4.51. The molecule has 1 aromatic heterocycles. The van der Waals surface area contributed by atoms with E-state index < -0.39 is 0 Å². The lowest BCUT2D eigenvalue weighted by atomic mass is 9.86. The van der Waals surface area contributed by atoms with Gasteiger partial charge in [0.15, 0.2) is 0 Å². The van der Waals surface area contributed by atoms with Crippen LogP contribution in [0.15, 0.2) is 18.5 Å². The Hall–Kier alpha value is -1.04. The van der Waals surface area contributed by atoms with Crippen molar-refractivity contribution < 1.29 is 9.13 Å². The Labute approximate surface area is 144 Å². The van der Waals surface area contributed by atoms with Crippen molar-refractivity contribution in [3.8, 4) is 0 Å². The molecule has 2 saturated heterocycles. The van der Waals surface area contributed by atoms with E-state index in [0.717, 1.165) is 57.1 Å². The Morgan fingerprint density at radius 1 is 1.46 bits per heavy atom. The maximum atomic E-state index is 13.9. The summed E-state index contributed by atoms with van der Waals surface area (Å²) < 4.78 is 20.2. The molecular weight excluding hydrogens is 305 g/mol. The molecule has 1 aromatic rings. The molecule has 0 aromatic carbocycles. The quantitative estimate of drug-likeness (QED) is 0.828. The summed E-state index contributed by atoms with van der Waals surface area (Å²) >= 11 is 0. The van der Waals surface area contributed by atoms with E-state index in [0.29, 0.717) is 12.5 Å². The molecule has 5 heteroatoms. The SMILES string of the molecule is CN(C[C@@H]1CO[C@]2(CCCN(Cc3ccncc3F)C2)C1)C1CC1. The van der Waals surface area contributed by atoms with Gasteiger partial charge in [-0.15, -0.1) is 0 Å². The minimum Gasteiger partial charge on any atom is -0.373 e. The maximum absolute atomic E-state index is 13.9. The van der Waals surface area contributed by atoms with Crippen LogP contribution >= 0.6 is 0 Å². The van der Waals surface area contributed by atoms with Crippen LogP contribution in [0.5, 0.6) is 0 Å². The Balaban J connectivity index is 1.35. The first-order chi connectivity index (χ1) is 11.6. The smallest absolute Gasteiger partial charge is 0.145 e. The molecule has 3 aliphatic rings. The van der Waals surface area contributed by atoms with E-state index in [4.69, 9.17) is 4.74 Å². The molecule has 2 atom stereocenters. The number of rotatable bonds is 5. The van der Waals surface area contributed by atoms with Gasteiger partial charge in [-0.2, -0.15) is 0 Å². The third-order valence-electron chi connectivity index (χ3n) is 5.87. The van der Waals surface area contributed by atoms with Crippen LogP contribution in [0.4, 0.5) is 4.39 Å². The van der Waals surface area contributed by atoms with Crippen LogP contribution in [0.3, 0.4) is 0 Å². The van der Waals surface area contributed by atoms with Gasteiger partial charge in [0.1, 0.15) is 5.82 Å². The molecule has 1 spiro atoms. The Kier molecular flexibility index (Phi) is 4.58. The number of hydrogen-bond donors (Lipinski definition) is 0. The number of halogens is 1. The molecule has 1 aliphatic carbocycles. The van der Waals surface area contributed by atoms with Crippen LogP contribution in [0.1, 0.15) is 37.7 Å². The molecule has 132 valence electrons. The molecule has 3 fully saturated rings. The first kappa shape index (κ1) is 16.4. The first-order valence-electron chi connectivity index (χ1n) is 9.28. The molecule has 3 heterocycles. The van der Waals surface area contributed by atoms with Crippen molar-refractivity contribution in [3.63, 3.8) is 0 Å². The Morgan fingerprint density at radius 3 is 3.12 bits per heavy atom. The van der Waals surface area contributed by atoms with Crippen LogP contribution in [-0.2, 0) is 11.3 Å². The van der Waals surface area contributed by atoms with Crippen LogP contribution in [0.25, 0.3) is 0 Å². The minimum atomic E-state index is -0.201. The molecular formula is C19H28FN3O. The molecule has 0 unspecified atom stereocenters. The molecule has 1 saturated carbocycles. The van der Waals surface area contributed by atoms with Crippen LogP contribution in [-0.4, -0.2) is 59.7 Å². The van der Waals surface area contributed by atoms with Gasteiger partial charge in [-0.1, -0.05) is 0 Å². The highest BCUT2D eigenvalue weighted by Crippen LogP contribution is 2.39. The van der Waals surface area contributed by atoms with Gasteiger partial charge in [-0.3, -0.25) is 9.88 Å². The zero-order valence-corrected chi connectivity index (χ0v) is 14.6. The molecule has 0 N–H and O–H groups in total. The molecule has 24 heavy (non-hydrogen) atoms. The summed E-state index contributed by atoms with van der Waals surface area (Å²) in [6, 6.07) is 2.61. The molecule has 4 nitrogen and oxygen atoms in total. The zero-order valence-electron chi connectivity index (χ0n) is 14.6. The lowest BCUT2D eigenvalue weighted by molar-refractivity contribution is -0.0537. The lowest BCUT2D eigenvalue weighted by Crippen LogP contribution is -2.47. The average Bonchev–Trinajstić information content (AvgIpc) is 3.35. The van der Waals surface area contributed by atoms with Crippen molar-refractivity contribution in [2.75, 3.05) is 33.3 Å². The van der Waals surface area contributed by atoms with E-state index in [9.17, 15) is 4.39 Å². The number of pyridine rings is 1. The van der Waals surface area contributed by atoms with Gasteiger partial charge in [0.2, 0.25) is 0 Å². The average molecular weight is 333 g/mol. The zero-order chi connectivity index (χ0) is 16.6. The molecule has 0 amide bonds. The fourth-order valence-electron chi connectivity index (χ4n) is 4.51. The van der Waals surface area contributed by atoms with Crippen molar-refractivity contribution in [1.29, 1.82) is 0 Å². The van der Waals surface area contributed by atoms with Crippen LogP contribution in [0.2, 0.25) is 0 Å². The second-order valence-corrected chi connectivity index (χ2v) is 8.02. The summed E-state index contributed by atoms with van der Waals surface area (Å²) in [4.78, 5) is 8.71. The monoisotopic (exact) mass is 333 g/mol. The summed E-state index contributed by atoms with van der Waals surface area (Å²) in [5, 5.41) is 0. The summed E-state index contributed by atoms with van der Waals surface area (Å²) in [6.45, 7) is 4.66. The number of aromatic nitrogens is 1. The molecule has 0 bridgehead atoms. The van der Waals surface area contributed by atoms with E-state index in [2.05, 4.69) is 21.8 Å². The van der Waals surface area contributed by atoms with Crippen LogP contribution < -0.4 is 0 Å². The summed E-state index contributed by atoms with van der Waals surface area (Å²) in [5.41, 5.74) is 0.738. The van der Waals surface area contributed by atoms with Crippen molar-refractivity contribution in [3.05, 3.63) is 29.8 Å². The van der Waals surface area contributed by atoms with Gasteiger partial charge in [0.05, 0.1) is 18.4 Å². The predicted octanol–water partition coefficient (Wildman–Crippen LogP) is 2.69. The van der Waals surface area contributed by atoms with Gasteiger partial charge in [-0.25, -0.2) is 4.39 Å². The highest BCUT2D eigenvalue weighted by molar-refractivity contribution is 5.13. The summed E-state index contributed by atoms with van der Waals surface area (Å²) in [6.07, 6.45) is 9.14. The van der Waals surface area contributed by atoms with Gasteiger partial charge in [0.25, 0.3) is 0 Å². The van der Waals surface area contributed by atoms with Crippen LogP contribution in [0, 0.1) is 11.7 Å². The number of hydrogen-bond acceptors (Lipinski definition) is 4. The number of piperidine rings is 1. The van der Waals surface area contributed by atoms with E-state index in [1.165, 1.54) is 19.0 Å². The first-order valence-corrected chi connectivity index (χ1v) is 9.28. The largest absolute Gasteiger partial charge is 0.373 e. The van der Waals surface area contributed by atoms with Gasteiger partial charge < -0.3 is 9.64 Å². The number of likely N-dealkylation sites (tertiary alicyclic amines) is 1. The van der Waals surface area contributed by atoms with Crippen molar-refractivity contribution in [2.45, 2.75) is 50.3 Å². The molecule has 4 rings (SSSR count). The predicted molar refractivity (Wildman–Crippen MR) is 91.1 cm³/mol. The maximum Gasteiger partial charge on any atom is 0.145 e. The van der Waals surface area contributed by atoms with E-state index in [-0.39, 0.29) is 11.4 Å². The van der Waals surface area contributed by atoms with E-state index >= 15 is 0 Å². The summed E-state index contributed by atoms with van der Waals surface area (Å²) in [5.74, 6) is 0.446. The molecule has 2 aliphatic heterocycles. The Morgan fingerprint density at radius 2 is 2.33 bits per heavy atom. The normalized spacial score (nSPS) is 31.2. The highest BCUT2D eigenvalue weighted by Gasteiger charge is 2.44. The summed E-state index contributed by atoms with van der Waals surface area (Å²) in [7, 11) is 2.25. The highest BCUT2D eigenvalue weighted by atomic mass is 19.1. The van der Waals surface area contributed by atoms with E-state index in [1.54, 1.807) is 12.3 Å². The van der Waals surface area contributed by atoms with Crippen molar-refractivity contribution in [2.24, 2.45) is 5.92 Å². The minimum absolute atomic E-state index is 0.00316. The number of nitrogens with zero attached hydrogens (tertiary/aromatic N) is 3. The third kappa shape index (κ3) is 3.63. The lowest BCUT2D eigenvalue weighted by Gasteiger charge is -2.40. The van der Waals surface area contributed by atoms with E-state index in [1.807, 2.05) is 0 Å². The molecule has 0 radical (unpaired) electrons. The second kappa shape index (κ2) is 6.70. The third-order valence-corrected chi connectivity index (χ3v) is 5.87. The van der Waals surface area contributed by atoms with Crippen molar-refractivity contribution >= 4 is 0 Å². The standard InChI is InChI=1S/C19H28FN3O/c1-22(17-3-4-17)11-15-9-19(24-13-15)6-2-8-23(14-19)12-16-5-7-21-10-18(16)20/h5,7,10,15,17H,2-4,6,8-9,11-14H2,1H3/t15-,19-/m1/s1. The Bertz CT molecular complexity index is 579. The number of ether oxygens (including phenoxy) is 1. The van der Waals surface area contributed by atoms with Gasteiger partial charge >= 0.3 is 0 Å². The second-order valence-electron chi connectivity index (χ2n) is 8.02. The van der Waals surface area contributed by atoms with Crippen molar-refractivity contribution in [1.82, 2.24) is 14.8 Å². The van der Waals surface area contributed by atoms with Gasteiger partial charge in [-0.05, 0) is 57.7 Å². The van der Waals surface area contributed by atoms with Gasteiger partial charge in [0, 0.05) is 37.4 Å².